The fraction of sp³-hybridized carbons (Fsp3) is 0.105. The Bertz CT molecular complexity index is 1090. The van der Waals surface area contributed by atoms with Gasteiger partial charge in [0.15, 0.2) is 0 Å². The van der Waals surface area contributed by atoms with E-state index >= 15 is 0 Å². The number of hydrogen-bond donors (Lipinski definition) is 2. The SMILES string of the molecule is C[C@@H](Oc1ccc2[nH]nc(-c3ccc(N)nc3)c2c1)c1c(Cl)cncc1Cl. The molecule has 0 aliphatic carbocycles. The highest BCUT2D eigenvalue weighted by atomic mass is 35.5. The van der Waals surface area contributed by atoms with Gasteiger partial charge < -0.3 is 10.5 Å². The number of fused-ring (bicyclic) bond motifs is 1. The predicted molar refractivity (Wildman–Crippen MR) is 107 cm³/mol. The van der Waals surface area contributed by atoms with Crippen LogP contribution in [0.25, 0.3) is 22.2 Å². The fourth-order valence-corrected chi connectivity index (χ4v) is 3.58. The number of nitrogens with two attached hydrogens (primary N) is 1. The van der Waals surface area contributed by atoms with Crippen LogP contribution in [-0.4, -0.2) is 20.2 Å². The van der Waals surface area contributed by atoms with Crippen LogP contribution in [0.15, 0.2) is 48.9 Å². The number of halogens is 2. The van der Waals surface area contributed by atoms with Crippen molar-refractivity contribution >= 4 is 39.9 Å². The molecule has 3 heterocycles. The Labute approximate surface area is 165 Å². The van der Waals surface area contributed by atoms with Crippen LogP contribution in [0.2, 0.25) is 10.0 Å². The molecule has 4 rings (SSSR count). The first-order valence-corrected chi connectivity index (χ1v) is 8.94. The molecule has 0 fully saturated rings. The predicted octanol–water partition coefficient (Wildman–Crippen LogP) is 5.05. The zero-order valence-corrected chi connectivity index (χ0v) is 15.8. The Morgan fingerprint density at radius 3 is 2.56 bits per heavy atom. The summed E-state index contributed by atoms with van der Waals surface area (Å²) < 4.78 is 6.08. The van der Waals surface area contributed by atoms with Crippen LogP contribution in [-0.2, 0) is 0 Å². The normalized spacial score (nSPS) is 12.3. The third kappa shape index (κ3) is 3.41. The highest BCUT2D eigenvalue weighted by Gasteiger charge is 2.17. The maximum Gasteiger partial charge on any atom is 0.124 e. The number of nitrogen functional groups attached to an aromatic ring is 1. The van der Waals surface area contributed by atoms with E-state index in [-0.39, 0.29) is 6.10 Å². The molecule has 136 valence electrons. The van der Waals surface area contributed by atoms with Crippen molar-refractivity contribution in [2.75, 3.05) is 5.73 Å². The number of aromatic nitrogens is 4. The third-order valence-corrected chi connectivity index (χ3v) is 4.81. The largest absolute Gasteiger partial charge is 0.486 e. The van der Waals surface area contributed by atoms with E-state index in [0.29, 0.717) is 27.2 Å². The van der Waals surface area contributed by atoms with Crippen molar-refractivity contribution < 1.29 is 4.74 Å². The number of hydrogen-bond acceptors (Lipinski definition) is 5. The van der Waals surface area contributed by atoms with E-state index in [1.165, 1.54) is 0 Å². The number of anilines is 1. The molecule has 3 aromatic heterocycles. The smallest absolute Gasteiger partial charge is 0.124 e. The van der Waals surface area contributed by atoms with E-state index < -0.39 is 0 Å². The number of ether oxygens (including phenoxy) is 1. The average molecular weight is 400 g/mol. The molecule has 0 aliphatic rings. The molecule has 4 aromatic rings. The summed E-state index contributed by atoms with van der Waals surface area (Å²) >= 11 is 12.5. The Balaban J connectivity index is 1.69. The van der Waals surface area contributed by atoms with Gasteiger partial charge in [-0.1, -0.05) is 23.2 Å². The zero-order valence-electron chi connectivity index (χ0n) is 14.3. The molecule has 27 heavy (non-hydrogen) atoms. The van der Waals surface area contributed by atoms with Crippen LogP contribution in [0, 0.1) is 0 Å². The summed E-state index contributed by atoms with van der Waals surface area (Å²) in [5.41, 5.74) is 8.89. The van der Waals surface area contributed by atoms with Crippen molar-refractivity contribution in [1.82, 2.24) is 20.2 Å². The minimum Gasteiger partial charge on any atom is -0.486 e. The van der Waals surface area contributed by atoms with Crippen molar-refractivity contribution in [2.24, 2.45) is 0 Å². The fourth-order valence-electron chi connectivity index (χ4n) is 2.90. The molecule has 1 aromatic carbocycles. The Kier molecular flexibility index (Phi) is 4.59. The lowest BCUT2D eigenvalue weighted by atomic mass is 10.1. The summed E-state index contributed by atoms with van der Waals surface area (Å²) in [4.78, 5) is 8.10. The van der Waals surface area contributed by atoms with Gasteiger partial charge >= 0.3 is 0 Å². The molecule has 8 heteroatoms. The number of pyridine rings is 2. The minimum atomic E-state index is -0.348. The van der Waals surface area contributed by atoms with Gasteiger partial charge in [-0.05, 0) is 37.3 Å². The highest BCUT2D eigenvalue weighted by molar-refractivity contribution is 6.35. The summed E-state index contributed by atoms with van der Waals surface area (Å²) in [6, 6.07) is 9.32. The number of benzene rings is 1. The lowest BCUT2D eigenvalue weighted by Crippen LogP contribution is -2.05. The second-order valence-electron chi connectivity index (χ2n) is 6.03. The van der Waals surface area contributed by atoms with Crippen molar-refractivity contribution in [3.63, 3.8) is 0 Å². The maximum atomic E-state index is 6.23. The highest BCUT2D eigenvalue weighted by Crippen LogP contribution is 2.34. The molecule has 1 atom stereocenters. The quantitative estimate of drug-likeness (QED) is 0.500. The first-order valence-electron chi connectivity index (χ1n) is 8.18. The number of nitrogens with zero attached hydrogens (tertiary/aromatic N) is 3. The third-order valence-electron chi connectivity index (χ3n) is 4.20. The number of aromatic amines is 1. The maximum absolute atomic E-state index is 6.23. The molecule has 0 saturated carbocycles. The summed E-state index contributed by atoms with van der Waals surface area (Å²) in [7, 11) is 0. The van der Waals surface area contributed by atoms with E-state index in [4.69, 9.17) is 33.7 Å². The van der Waals surface area contributed by atoms with Crippen molar-refractivity contribution in [3.8, 4) is 17.0 Å². The molecule has 3 N–H and O–H groups in total. The van der Waals surface area contributed by atoms with Crippen molar-refractivity contribution in [3.05, 3.63) is 64.5 Å². The van der Waals surface area contributed by atoms with E-state index in [1.54, 1.807) is 24.7 Å². The molecule has 0 bridgehead atoms. The standard InChI is InChI=1S/C19H15Cl2N5O/c1-10(18-14(20)8-23-9-15(18)21)27-12-3-4-16-13(6-12)19(26-25-16)11-2-5-17(22)24-7-11/h2-10H,1H3,(H2,22,24)(H,25,26)/t10-/m1/s1. The molecule has 6 nitrogen and oxygen atoms in total. The molecule has 0 spiro atoms. The van der Waals surface area contributed by atoms with E-state index in [2.05, 4.69) is 20.2 Å². The van der Waals surface area contributed by atoms with Crippen molar-refractivity contribution in [1.29, 1.82) is 0 Å². The summed E-state index contributed by atoms with van der Waals surface area (Å²) in [5, 5.41) is 9.25. The van der Waals surface area contributed by atoms with Crippen LogP contribution >= 0.6 is 23.2 Å². The summed E-state index contributed by atoms with van der Waals surface area (Å²) in [6.45, 7) is 1.89. The number of nitrogens with one attached hydrogen (secondary N) is 1. The van der Waals surface area contributed by atoms with Crippen LogP contribution in [0.3, 0.4) is 0 Å². The van der Waals surface area contributed by atoms with Crippen LogP contribution in [0.5, 0.6) is 5.75 Å². The van der Waals surface area contributed by atoms with Crippen LogP contribution < -0.4 is 10.5 Å². The molecular weight excluding hydrogens is 385 g/mol. The molecular formula is C19H15Cl2N5O. The van der Waals surface area contributed by atoms with E-state index in [0.717, 1.165) is 22.2 Å². The first-order chi connectivity index (χ1) is 13.0. The van der Waals surface area contributed by atoms with Gasteiger partial charge in [-0.15, -0.1) is 0 Å². The molecule has 0 amide bonds. The van der Waals surface area contributed by atoms with Gasteiger partial charge in [-0.3, -0.25) is 10.1 Å². The van der Waals surface area contributed by atoms with Crippen LogP contribution in [0.4, 0.5) is 5.82 Å². The van der Waals surface area contributed by atoms with Gasteiger partial charge in [0.2, 0.25) is 0 Å². The first kappa shape index (κ1) is 17.6. The van der Waals surface area contributed by atoms with Gasteiger partial charge in [0.05, 0.1) is 15.6 Å². The monoisotopic (exact) mass is 399 g/mol. The molecule has 0 saturated heterocycles. The molecule has 0 radical (unpaired) electrons. The Morgan fingerprint density at radius 1 is 1.07 bits per heavy atom. The molecule has 0 aliphatic heterocycles. The number of rotatable bonds is 4. The topological polar surface area (TPSA) is 89.7 Å². The Morgan fingerprint density at radius 2 is 1.85 bits per heavy atom. The average Bonchev–Trinajstić information content (AvgIpc) is 3.05. The minimum absolute atomic E-state index is 0.348. The van der Waals surface area contributed by atoms with E-state index in [1.807, 2.05) is 31.2 Å². The zero-order chi connectivity index (χ0) is 19.0. The lowest BCUT2D eigenvalue weighted by Gasteiger charge is -2.17. The molecule has 0 unspecified atom stereocenters. The Hall–Kier alpha value is -2.83. The number of H-pyrrole nitrogens is 1. The second-order valence-corrected chi connectivity index (χ2v) is 6.84. The van der Waals surface area contributed by atoms with Gasteiger partial charge in [0.1, 0.15) is 23.4 Å². The lowest BCUT2D eigenvalue weighted by molar-refractivity contribution is 0.227. The van der Waals surface area contributed by atoms with Gasteiger partial charge in [0.25, 0.3) is 0 Å². The second kappa shape index (κ2) is 7.06. The van der Waals surface area contributed by atoms with Crippen molar-refractivity contribution in [2.45, 2.75) is 13.0 Å². The van der Waals surface area contributed by atoms with E-state index in [9.17, 15) is 0 Å². The van der Waals surface area contributed by atoms with Gasteiger partial charge in [-0.2, -0.15) is 5.10 Å². The summed E-state index contributed by atoms with van der Waals surface area (Å²) in [6.07, 6.45) is 4.44. The van der Waals surface area contributed by atoms with Gasteiger partial charge in [-0.25, -0.2) is 4.98 Å². The van der Waals surface area contributed by atoms with Crippen LogP contribution in [0.1, 0.15) is 18.6 Å². The summed E-state index contributed by atoms with van der Waals surface area (Å²) in [5.74, 6) is 1.13. The van der Waals surface area contributed by atoms with Gasteiger partial charge in [0, 0.05) is 35.1 Å².